The summed E-state index contributed by atoms with van der Waals surface area (Å²) in [5, 5.41) is 13.4. The average Bonchev–Trinajstić information content (AvgIpc) is 3.65. The molecular formula is C42H31N5. The molecule has 0 fully saturated rings. The highest BCUT2D eigenvalue weighted by Crippen LogP contribution is 2.45. The van der Waals surface area contributed by atoms with Crippen molar-refractivity contribution in [3.63, 3.8) is 0 Å². The Balaban J connectivity index is 1.36. The van der Waals surface area contributed by atoms with Gasteiger partial charge in [0.1, 0.15) is 11.6 Å². The van der Waals surface area contributed by atoms with Crippen molar-refractivity contribution in [1.82, 2.24) is 19.1 Å². The molecule has 7 aromatic rings. The molecule has 4 heterocycles. The Labute approximate surface area is 273 Å². The van der Waals surface area contributed by atoms with Crippen LogP contribution in [0.3, 0.4) is 0 Å². The van der Waals surface area contributed by atoms with Crippen molar-refractivity contribution in [3.8, 4) is 17.7 Å². The highest BCUT2D eigenvalue weighted by atomic mass is 15.1. The fourth-order valence-electron chi connectivity index (χ4n) is 7.82. The van der Waals surface area contributed by atoms with Gasteiger partial charge in [0, 0.05) is 33.7 Å². The summed E-state index contributed by atoms with van der Waals surface area (Å²) in [6, 6.07) is 34.2. The summed E-state index contributed by atoms with van der Waals surface area (Å²) >= 11 is 0. The minimum absolute atomic E-state index is 0.0126. The van der Waals surface area contributed by atoms with Gasteiger partial charge in [-0.05, 0) is 78.1 Å². The number of aryl methyl sites for hydroxylation is 1. The fourth-order valence-corrected chi connectivity index (χ4v) is 7.82. The summed E-state index contributed by atoms with van der Waals surface area (Å²) in [6.07, 6.45) is 19.2. The van der Waals surface area contributed by atoms with Gasteiger partial charge in [-0.15, -0.1) is 0 Å². The smallest absolute Gasteiger partial charge is 0.140 e. The summed E-state index contributed by atoms with van der Waals surface area (Å²) in [5.41, 5.74) is 8.34. The molecule has 2 atom stereocenters. The lowest BCUT2D eigenvalue weighted by Crippen LogP contribution is -2.29. The van der Waals surface area contributed by atoms with Crippen molar-refractivity contribution in [2.45, 2.75) is 31.1 Å². The number of aromatic nitrogens is 4. The molecule has 5 nitrogen and oxygen atoms in total. The SMILES string of the molecule is CC1(c2cccc(C#N)c2)C=CC=CC1c1cc(-n2c3c(c4ccncc42)CCC=C3)nc(-n2c3ccccc3c3ccccc32)c1. The number of fused-ring (bicyclic) bond motifs is 6. The number of hydrogen-bond acceptors (Lipinski definition) is 3. The molecule has 0 saturated carbocycles. The van der Waals surface area contributed by atoms with Gasteiger partial charge in [-0.2, -0.15) is 5.26 Å². The summed E-state index contributed by atoms with van der Waals surface area (Å²) in [7, 11) is 0. The molecule has 2 aliphatic carbocycles. The standard InChI is InChI=1S/C42H31N5/c1-42(30-12-10-11-28(23-30)26-43)21-9-8-16-35(42)29-24-40(46-36-17-5-2-13-31(36)32-14-3-6-18-37(32)46)45-41(25-29)47-38-19-7-4-15-33(38)34-20-22-44-27-39(34)47/h2-3,5-14,16-25,27,35H,4,15H2,1H3. The van der Waals surface area contributed by atoms with E-state index in [2.05, 4.69) is 136 Å². The van der Waals surface area contributed by atoms with Crippen LogP contribution in [0, 0.1) is 11.3 Å². The zero-order valence-electron chi connectivity index (χ0n) is 26.0. The largest absolute Gasteiger partial charge is 0.294 e. The molecule has 2 aliphatic rings. The van der Waals surface area contributed by atoms with E-state index in [1.807, 2.05) is 30.6 Å². The molecule has 4 aromatic heterocycles. The molecule has 47 heavy (non-hydrogen) atoms. The van der Waals surface area contributed by atoms with E-state index in [1.54, 1.807) is 0 Å². The number of benzene rings is 3. The lowest BCUT2D eigenvalue weighted by atomic mass is 9.67. The van der Waals surface area contributed by atoms with E-state index >= 15 is 0 Å². The number of allylic oxidation sites excluding steroid dienone is 5. The van der Waals surface area contributed by atoms with Gasteiger partial charge >= 0.3 is 0 Å². The summed E-state index contributed by atoms with van der Waals surface area (Å²) in [6.45, 7) is 2.27. The van der Waals surface area contributed by atoms with E-state index in [9.17, 15) is 5.26 Å². The van der Waals surface area contributed by atoms with Crippen LogP contribution in [-0.4, -0.2) is 19.1 Å². The minimum atomic E-state index is -0.391. The van der Waals surface area contributed by atoms with E-state index in [4.69, 9.17) is 4.98 Å². The number of hydrogen-bond donors (Lipinski definition) is 0. The Morgan fingerprint density at radius 2 is 1.57 bits per heavy atom. The van der Waals surface area contributed by atoms with E-state index < -0.39 is 5.41 Å². The van der Waals surface area contributed by atoms with Crippen LogP contribution in [0.4, 0.5) is 0 Å². The van der Waals surface area contributed by atoms with Crippen molar-refractivity contribution in [1.29, 1.82) is 5.26 Å². The molecule has 224 valence electrons. The van der Waals surface area contributed by atoms with Crippen LogP contribution in [-0.2, 0) is 11.8 Å². The van der Waals surface area contributed by atoms with Crippen LogP contribution in [0.25, 0.3) is 50.4 Å². The third-order valence-corrected chi connectivity index (χ3v) is 10.1. The first-order chi connectivity index (χ1) is 23.1. The van der Waals surface area contributed by atoms with Gasteiger partial charge in [-0.3, -0.25) is 14.1 Å². The molecule has 0 bridgehead atoms. The Hall–Kier alpha value is -5.99. The maximum absolute atomic E-state index is 9.76. The third-order valence-electron chi connectivity index (χ3n) is 10.1. The van der Waals surface area contributed by atoms with Gasteiger partial charge < -0.3 is 0 Å². The predicted molar refractivity (Wildman–Crippen MR) is 190 cm³/mol. The average molecular weight is 606 g/mol. The Morgan fingerprint density at radius 1 is 0.809 bits per heavy atom. The third kappa shape index (κ3) is 4.15. The van der Waals surface area contributed by atoms with Gasteiger partial charge in [0.15, 0.2) is 0 Å². The molecule has 3 aromatic carbocycles. The van der Waals surface area contributed by atoms with Crippen molar-refractivity contribution in [2.24, 2.45) is 0 Å². The lowest BCUT2D eigenvalue weighted by molar-refractivity contribution is 0.524. The molecule has 0 saturated heterocycles. The second-order valence-corrected chi connectivity index (χ2v) is 12.7. The zero-order chi connectivity index (χ0) is 31.5. The van der Waals surface area contributed by atoms with Crippen LogP contribution >= 0.6 is 0 Å². The Morgan fingerprint density at radius 3 is 2.36 bits per heavy atom. The van der Waals surface area contributed by atoms with Crippen LogP contribution < -0.4 is 0 Å². The fraction of sp³-hybridized carbons (Fsp3) is 0.119. The van der Waals surface area contributed by atoms with E-state index in [1.165, 1.54) is 27.4 Å². The second-order valence-electron chi connectivity index (χ2n) is 12.7. The molecule has 9 rings (SSSR count). The highest BCUT2D eigenvalue weighted by molar-refractivity contribution is 6.09. The maximum Gasteiger partial charge on any atom is 0.140 e. The quantitative estimate of drug-likeness (QED) is 0.201. The first-order valence-electron chi connectivity index (χ1n) is 16.2. The highest BCUT2D eigenvalue weighted by Gasteiger charge is 2.36. The van der Waals surface area contributed by atoms with E-state index in [0.717, 1.165) is 52.2 Å². The molecule has 5 heteroatoms. The van der Waals surface area contributed by atoms with Gasteiger partial charge in [-0.1, -0.05) is 85.8 Å². The summed E-state index contributed by atoms with van der Waals surface area (Å²) < 4.78 is 4.60. The first kappa shape index (κ1) is 27.3. The van der Waals surface area contributed by atoms with Gasteiger partial charge in [0.2, 0.25) is 0 Å². The van der Waals surface area contributed by atoms with Gasteiger partial charge in [0.25, 0.3) is 0 Å². The van der Waals surface area contributed by atoms with Crippen LogP contribution in [0.1, 0.15) is 47.2 Å². The number of rotatable bonds is 4. The number of para-hydroxylation sites is 2. The molecule has 0 spiro atoms. The molecular weight excluding hydrogens is 574 g/mol. The molecule has 0 radical (unpaired) electrons. The van der Waals surface area contributed by atoms with E-state index in [0.29, 0.717) is 5.56 Å². The van der Waals surface area contributed by atoms with Crippen molar-refractivity contribution in [3.05, 3.63) is 162 Å². The zero-order valence-corrected chi connectivity index (χ0v) is 26.0. The van der Waals surface area contributed by atoms with Crippen molar-refractivity contribution >= 4 is 38.8 Å². The molecule has 0 amide bonds. The minimum Gasteiger partial charge on any atom is -0.294 e. The number of nitrogens with zero attached hydrogens (tertiary/aromatic N) is 5. The van der Waals surface area contributed by atoms with Crippen molar-refractivity contribution in [2.75, 3.05) is 0 Å². The van der Waals surface area contributed by atoms with Crippen LogP contribution in [0.2, 0.25) is 0 Å². The number of nitriles is 1. The molecule has 2 unspecified atom stereocenters. The van der Waals surface area contributed by atoms with Crippen LogP contribution in [0.15, 0.2) is 134 Å². The second kappa shape index (κ2) is 10.5. The first-order valence-corrected chi connectivity index (χ1v) is 16.2. The lowest BCUT2D eigenvalue weighted by Gasteiger charge is -2.36. The topological polar surface area (TPSA) is 59.4 Å². The maximum atomic E-state index is 9.76. The Bertz CT molecular complexity index is 2460. The summed E-state index contributed by atoms with van der Waals surface area (Å²) in [4.78, 5) is 10.1. The van der Waals surface area contributed by atoms with Crippen molar-refractivity contribution < 1.29 is 0 Å². The predicted octanol–water partition coefficient (Wildman–Crippen LogP) is 9.52. The molecule has 0 N–H and O–H groups in total. The monoisotopic (exact) mass is 605 g/mol. The van der Waals surface area contributed by atoms with Crippen LogP contribution in [0.5, 0.6) is 0 Å². The summed E-state index contributed by atoms with van der Waals surface area (Å²) in [5.74, 6) is 1.72. The van der Waals surface area contributed by atoms with Gasteiger partial charge in [-0.25, -0.2) is 4.98 Å². The Kier molecular flexibility index (Phi) is 6.13. The van der Waals surface area contributed by atoms with Gasteiger partial charge in [0.05, 0.1) is 40.1 Å². The molecule has 0 aliphatic heterocycles. The number of pyridine rings is 2. The normalized spacial score (nSPS) is 18.6. The van der Waals surface area contributed by atoms with E-state index in [-0.39, 0.29) is 5.92 Å².